The first-order valence-electron chi connectivity index (χ1n) is 7.94. The van der Waals surface area contributed by atoms with Crippen molar-refractivity contribution in [2.45, 2.75) is 30.7 Å². The van der Waals surface area contributed by atoms with E-state index < -0.39 is 21.7 Å². The standard InChI is InChI=1S/C17H17FN4O3S.H2S/c1-10-3-5-13-15(26(24,25)21-10)9-22(2)16(13)17(23)20-12-4-6-14(18)11(7-12)8-19;/h4,6-7,9-10,21H,3,5H2,1-2H3,(H,20,23);1H2/t10-;/m0./s1. The van der Waals surface area contributed by atoms with E-state index in [-0.39, 0.29) is 41.4 Å². The first kappa shape index (κ1) is 21.0. The van der Waals surface area contributed by atoms with Gasteiger partial charge in [0, 0.05) is 30.5 Å². The molecule has 10 heteroatoms. The van der Waals surface area contributed by atoms with Crippen LogP contribution in [0.4, 0.5) is 10.1 Å². The van der Waals surface area contributed by atoms with E-state index in [1.54, 1.807) is 20.0 Å². The fourth-order valence-electron chi connectivity index (χ4n) is 3.05. The van der Waals surface area contributed by atoms with Gasteiger partial charge in [-0.15, -0.1) is 0 Å². The number of benzene rings is 1. The lowest BCUT2D eigenvalue weighted by Gasteiger charge is -2.10. The molecule has 0 saturated carbocycles. The van der Waals surface area contributed by atoms with Gasteiger partial charge in [0.05, 0.1) is 5.56 Å². The van der Waals surface area contributed by atoms with E-state index in [9.17, 15) is 17.6 Å². The highest BCUT2D eigenvalue weighted by Gasteiger charge is 2.31. The Hall–Kier alpha value is -2.35. The number of sulfonamides is 1. The van der Waals surface area contributed by atoms with E-state index in [0.717, 1.165) is 6.07 Å². The SMILES string of the molecule is C[C@H]1CCc2c(cn(C)c2C(=O)Nc2ccc(F)c(C#N)c2)S(=O)(=O)N1.S. The third-order valence-electron chi connectivity index (χ3n) is 4.28. The highest BCUT2D eigenvalue weighted by Crippen LogP contribution is 2.28. The van der Waals surface area contributed by atoms with E-state index in [2.05, 4.69) is 10.0 Å². The molecular formula is C17H19FN4O3S2. The van der Waals surface area contributed by atoms with Gasteiger partial charge in [-0.25, -0.2) is 17.5 Å². The van der Waals surface area contributed by atoms with Gasteiger partial charge in [-0.05, 0) is 38.0 Å². The minimum atomic E-state index is -3.70. The van der Waals surface area contributed by atoms with Gasteiger partial charge in [0.2, 0.25) is 10.0 Å². The van der Waals surface area contributed by atoms with Crippen LogP contribution in [0, 0.1) is 17.1 Å². The predicted octanol–water partition coefficient (Wildman–Crippen LogP) is 2.01. The Labute approximate surface area is 163 Å². The van der Waals surface area contributed by atoms with Crippen LogP contribution >= 0.6 is 13.5 Å². The van der Waals surface area contributed by atoms with Crippen LogP contribution in [0.3, 0.4) is 0 Å². The van der Waals surface area contributed by atoms with Crippen molar-refractivity contribution in [3.63, 3.8) is 0 Å². The van der Waals surface area contributed by atoms with E-state index >= 15 is 0 Å². The summed E-state index contributed by atoms with van der Waals surface area (Å²) in [6.07, 6.45) is 2.40. The van der Waals surface area contributed by atoms with Gasteiger partial charge in [0.1, 0.15) is 22.5 Å². The number of fused-ring (bicyclic) bond motifs is 1. The minimum absolute atomic E-state index is 0. The zero-order valence-corrected chi connectivity index (χ0v) is 16.5. The lowest BCUT2D eigenvalue weighted by molar-refractivity contribution is 0.101. The summed E-state index contributed by atoms with van der Waals surface area (Å²) in [4.78, 5) is 12.8. The Bertz CT molecular complexity index is 1040. The summed E-state index contributed by atoms with van der Waals surface area (Å²) in [6.45, 7) is 1.77. The molecule has 0 aliphatic carbocycles. The Morgan fingerprint density at radius 2 is 2.15 bits per heavy atom. The van der Waals surface area contributed by atoms with Gasteiger partial charge in [0.25, 0.3) is 5.91 Å². The maximum Gasteiger partial charge on any atom is 0.272 e. The molecule has 1 aliphatic heterocycles. The summed E-state index contributed by atoms with van der Waals surface area (Å²) in [5.41, 5.74) is 0.742. The summed E-state index contributed by atoms with van der Waals surface area (Å²) in [5, 5.41) is 11.5. The normalized spacial score (nSPS) is 17.8. The second-order valence-electron chi connectivity index (χ2n) is 6.25. The number of aromatic nitrogens is 1. The number of rotatable bonds is 2. The van der Waals surface area contributed by atoms with E-state index in [1.165, 1.54) is 22.9 Å². The molecule has 0 unspecified atom stereocenters. The molecule has 1 aliphatic rings. The van der Waals surface area contributed by atoms with Crippen LogP contribution in [0.5, 0.6) is 0 Å². The first-order valence-corrected chi connectivity index (χ1v) is 9.43. The highest BCUT2D eigenvalue weighted by molar-refractivity contribution is 7.89. The van der Waals surface area contributed by atoms with Crippen molar-refractivity contribution in [3.05, 3.63) is 47.0 Å². The number of hydrogen-bond donors (Lipinski definition) is 2. The van der Waals surface area contributed by atoms with Crippen molar-refractivity contribution in [2.24, 2.45) is 7.05 Å². The summed E-state index contributed by atoms with van der Waals surface area (Å²) >= 11 is 0. The van der Waals surface area contributed by atoms with Crippen molar-refractivity contribution in [3.8, 4) is 6.07 Å². The molecule has 0 spiro atoms. The lowest BCUT2D eigenvalue weighted by atomic mass is 10.1. The largest absolute Gasteiger partial charge is 0.345 e. The van der Waals surface area contributed by atoms with E-state index in [1.807, 2.05) is 0 Å². The maximum atomic E-state index is 13.4. The van der Waals surface area contributed by atoms with Crippen molar-refractivity contribution in [1.82, 2.24) is 9.29 Å². The Kier molecular flexibility index (Phi) is 5.99. The molecule has 2 aromatic rings. The van der Waals surface area contributed by atoms with Crippen LogP contribution in [0.2, 0.25) is 0 Å². The van der Waals surface area contributed by atoms with Gasteiger partial charge >= 0.3 is 0 Å². The molecule has 144 valence electrons. The Morgan fingerprint density at radius 1 is 1.44 bits per heavy atom. The van der Waals surface area contributed by atoms with Crippen LogP contribution in [0.25, 0.3) is 0 Å². The molecule has 0 fully saturated rings. The average Bonchev–Trinajstić information content (AvgIpc) is 2.86. The molecule has 0 bridgehead atoms. The highest BCUT2D eigenvalue weighted by atomic mass is 32.2. The number of hydrogen-bond acceptors (Lipinski definition) is 4. The third kappa shape index (κ3) is 4.00. The molecule has 1 atom stereocenters. The summed E-state index contributed by atoms with van der Waals surface area (Å²) in [5.74, 6) is -1.20. The van der Waals surface area contributed by atoms with Crippen molar-refractivity contribution in [2.75, 3.05) is 5.32 Å². The number of nitrogens with one attached hydrogen (secondary N) is 2. The fraction of sp³-hybridized carbons (Fsp3) is 0.294. The lowest BCUT2D eigenvalue weighted by Crippen LogP contribution is -2.30. The van der Waals surface area contributed by atoms with E-state index in [4.69, 9.17) is 5.26 Å². The summed E-state index contributed by atoms with van der Waals surface area (Å²) in [6, 6.07) is 5.14. The van der Waals surface area contributed by atoms with Crippen LogP contribution in [0.15, 0.2) is 29.3 Å². The number of nitriles is 1. The number of aryl methyl sites for hydroxylation is 1. The van der Waals surface area contributed by atoms with E-state index in [0.29, 0.717) is 18.4 Å². The zero-order valence-electron chi connectivity index (χ0n) is 14.7. The first-order chi connectivity index (χ1) is 12.2. The second-order valence-corrected chi connectivity index (χ2v) is 7.94. The van der Waals surface area contributed by atoms with Gasteiger partial charge in [-0.2, -0.15) is 18.8 Å². The third-order valence-corrected chi connectivity index (χ3v) is 5.92. The molecule has 0 radical (unpaired) electrons. The molecule has 0 saturated heterocycles. The van der Waals surface area contributed by atoms with Crippen LogP contribution in [-0.4, -0.2) is 24.9 Å². The molecule has 2 N–H and O–H groups in total. The van der Waals surface area contributed by atoms with Gasteiger partial charge in [-0.3, -0.25) is 4.79 Å². The molecule has 27 heavy (non-hydrogen) atoms. The number of amides is 1. The monoisotopic (exact) mass is 410 g/mol. The molecule has 1 aromatic carbocycles. The smallest absolute Gasteiger partial charge is 0.272 e. The van der Waals surface area contributed by atoms with Gasteiger partial charge < -0.3 is 9.88 Å². The number of carbonyl (C=O) groups is 1. The second kappa shape index (κ2) is 7.72. The van der Waals surface area contributed by atoms with Crippen LogP contribution in [0.1, 0.15) is 35.0 Å². The van der Waals surface area contributed by atoms with Crippen molar-refractivity contribution >= 4 is 35.1 Å². The zero-order chi connectivity index (χ0) is 19.1. The molecule has 1 amide bonds. The van der Waals surface area contributed by atoms with Crippen LogP contribution in [-0.2, 0) is 23.5 Å². The van der Waals surface area contributed by atoms with Crippen molar-refractivity contribution < 1.29 is 17.6 Å². The average molecular weight is 410 g/mol. The Morgan fingerprint density at radius 3 is 2.81 bits per heavy atom. The number of halogens is 1. The topological polar surface area (TPSA) is 104 Å². The Balaban J connectivity index is 0.00000261. The van der Waals surface area contributed by atoms with Gasteiger partial charge in [-0.1, -0.05) is 0 Å². The minimum Gasteiger partial charge on any atom is -0.345 e. The summed E-state index contributed by atoms with van der Waals surface area (Å²) in [7, 11) is -2.10. The number of anilines is 1. The quantitative estimate of drug-likeness (QED) is 0.790. The van der Waals surface area contributed by atoms with Crippen molar-refractivity contribution in [1.29, 1.82) is 5.26 Å². The predicted molar refractivity (Wildman–Crippen MR) is 103 cm³/mol. The molecular weight excluding hydrogens is 391 g/mol. The van der Waals surface area contributed by atoms with Gasteiger partial charge in [0.15, 0.2) is 0 Å². The molecule has 3 rings (SSSR count). The molecule has 7 nitrogen and oxygen atoms in total. The number of carbonyl (C=O) groups excluding carboxylic acids is 1. The number of nitrogens with zero attached hydrogens (tertiary/aromatic N) is 2. The summed E-state index contributed by atoms with van der Waals surface area (Å²) < 4.78 is 42.3. The molecule has 1 aromatic heterocycles. The fourth-order valence-corrected chi connectivity index (χ4v) is 4.64. The van der Waals surface area contributed by atoms with Crippen LogP contribution < -0.4 is 10.0 Å². The maximum absolute atomic E-state index is 13.4. The molecule has 2 heterocycles.